The SMILES string of the molecule is [2H]c1ccccc1Sc1cccc2sc3cccc(Sc4ccccc4[2H])c3c12. The lowest BCUT2D eigenvalue weighted by molar-refractivity contribution is 1.43. The van der Waals surface area contributed by atoms with Crippen LogP contribution in [0.4, 0.5) is 0 Å². The third-order valence-corrected chi connectivity index (χ3v) is 7.43. The molecular formula is C24H16S3. The molecule has 130 valence electrons. The van der Waals surface area contributed by atoms with E-state index in [1.165, 1.54) is 30.0 Å². The Kier molecular flexibility index (Phi) is 4.08. The van der Waals surface area contributed by atoms with E-state index >= 15 is 0 Å². The Morgan fingerprint density at radius 3 is 1.56 bits per heavy atom. The van der Waals surface area contributed by atoms with Crippen LogP contribution in [0.25, 0.3) is 20.2 Å². The summed E-state index contributed by atoms with van der Waals surface area (Å²) in [4.78, 5) is 4.25. The molecule has 0 spiro atoms. The van der Waals surface area contributed by atoms with Gasteiger partial charge in [0.25, 0.3) is 0 Å². The van der Waals surface area contributed by atoms with Crippen LogP contribution in [-0.4, -0.2) is 0 Å². The Balaban J connectivity index is 1.70. The van der Waals surface area contributed by atoms with Crippen molar-refractivity contribution in [3.05, 3.63) is 97.0 Å². The lowest BCUT2D eigenvalue weighted by atomic mass is 10.1. The number of benzene rings is 4. The highest BCUT2D eigenvalue weighted by atomic mass is 32.2. The largest absolute Gasteiger partial charge is 0.135 e. The van der Waals surface area contributed by atoms with E-state index in [2.05, 4.69) is 36.4 Å². The molecule has 0 unspecified atom stereocenters. The third kappa shape index (κ3) is 3.39. The van der Waals surface area contributed by atoms with E-state index in [0.717, 1.165) is 9.79 Å². The summed E-state index contributed by atoms with van der Waals surface area (Å²) in [5.74, 6) is 0. The average Bonchev–Trinajstić information content (AvgIpc) is 3.12. The minimum absolute atomic E-state index is 0.548. The number of rotatable bonds is 4. The first-order valence-corrected chi connectivity index (χ1v) is 11.1. The molecule has 0 atom stereocenters. The van der Waals surface area contributed by atoms with Crippen LogP contribution in [0.2, 0.25) is 0 Å². The number of hydrogen-bond acceptors (Lipinski definition) is 3. The first kappa shape index (κ1) is 14.8. The first-order chi connectivity index (χ1) is 14.2. The van der Waals surface area contributed by atoms with E-state index in [-0.39, 0.29) is 0 Å². The maximum atomic E-state index is 8.23. The standard InChI is InChI=1S/C24H16S3/c1-3-9-17(10-4-1)25-19-13-7-15-21-23(19)24-20(14-8-16-22(24)27-21)26-18-11-5-2-6-12-18/h1-16H/i9D,11D. The van der Waals surface area contributed by atoms with Gasteiger partial charge in [-0.2, -0.15) is 0 Å². The van der Waals surface area contributed by atoms with Crippen LogP contribution >= 0.6 is 34.9 Å². The van der Waals surface area contributed by atoms with Crippen molar-refractivity contribution in [3.63, 3.8) is 0 Å². The summed E-state index contributed by atoms with van der Waals surface area (Å²) in [7, 11) is 0. The van der Waals surface area contributed by atoms with Crippen molar-refractivity contribution in [3.8, 4) is 0 Å². The Labute approximate surface area is 174 Å². The molecular weight excluding hydrogens is 384 g/mol. The highest BCUT2D eigenvalue weighted by Gasteiger charge is 2.14. The summed E-state index contributed by atoms with van der Waals surface area (Å²) >= 11 is 5.11. The zero-order valence-corrected chi connectivity index (χ0v) is 16.8. The second-order valence-electron chi connectivity index (χ2n) is 6.02. The number of fused-ring (bicyclic) bond motifs is 3. The molecule has 0 saturated heterocycles. The van der Waals surface area contributed by atoms with Crippen LogP contribution in [0, 0.1) is 0 Å². The predicted molar refractivity (Wildman–Crippen MR) is 120 cm³/mol. The van der Waals surface area contributed by atoms with E-state index in [1.807, 2.05) is 48.5 Å². The summed E-state index contributed by atoms with van der Waals surface area (Å²) in [6, 6.07) is 29.4. The molecule has 5 rings (SSSR count). The molecule has 3 heteroatoms. The summed E-state index contributed by atoms with van der Waals surface area (Å²) in [6.45, 7) is 0. The summed E-state index contributed by atoms with van der Waals surface area (Å²) < 4.78 is 18.9. The van der Waals surface area contributed by atoms with Crippen molar-refractivity contribution in [2.24, 2.45) is 0 Å². The van der Waals surface area contributed by atoms with Crippen LogP contribution in [0.3, 0.4) is 0 Å². The summed E-state index contributed by atoms with van der Waals surface area (Å²) in [5.41, 5.74) is 0. The first-order valence-electron chi connectivity index (χ1n) is 9.62. The third-order valence-electron chi connectivity index (χ3n) is 4.25. The van der Waals surface area contributed by atoms with Crippen LogP contribution in [0.5, 0.6) is 0 Å². The van der Waals surface area contributed by atoms with Crippen LogP contribution in [0.15, 0.2) is 117 Å². The number of thiophene rings is 1. The molecule has 0 N–H and O–H groups in total. The van der Waals surface area contributed by atoms with Gasteiger partial charge in [-0.3, -0.25) is 0 Å². The van der Waals surface area contributed by atoms with E-state index in [0.29, 0.717) is 12.1 Å². The molecule has 0 aliphatic heterocycles. The molecule has 0 aliphatic carbocycles. The maximum Gasteiger partial charge on any atom is 0.0635 e. The molecule has 4 aromatic carbocycles. The fourth-order valence-corrected chi connectivity index (χ4v) is 6.32. The summed E-state index contributed by atoms with van der Waals surface area (Å²) in [6.07, 6.45) is 0. The lowest BCUT2D eigenvalue weighted by Gasteiger charge is -2.07. The van der Waals surface area contributed by atoms with Gasteiger partial charge in [-0.25, -0.2) is 0 Å². The number of hydrogen-bond donors (Lipinski definition) is 0. The zero-order chi connectivity index (χ0) is 19.8. The van der Waals surface area contributed by atoms with Crippen molar-refractivity contribution >= 4 is 55.0 Å². The van der Waals surface area contributed by atoms with Gasteiger partial charge in [-0.1, -0.05) is 72.1 Å². The molecule has 0 nitrogen and oxygen atoms in total. The normalized spacial score (nSPS) is 12.3. The van der Waals surface area contributed by atoms with Gasteiger partial charge >= 0.3 is 0 Å². The molecule has 1 heterocycles. The molecule has 0 aliphatic rings. The minimum atomic E-state index is 0.548. The van der Waals surface area contributed by atoms with Gasteiger partial charge in [0.1, 0.15) is 0 Å². The molecule has 0 bridgehead atoms. The van der Waals surface area contributed by atoms with Gasteiger partial charge < -0.3 is 0 Å². The molecule has 27 heavy (non-hydrogen) atoms. The van der Waals surface area contributed by atoms with Gasteiger partial charge in [-0.15, -0.1) is 11.3 Å². The highest BCUT2D eigenvalue weighted by molar-refractivity contribution is 8.00. The van der Waals surface area contributed by atoms with Gasteiger partial charge in [0.2, 0.25) is 0 Å². The van der Waals surface area contributed by atoms with Gasteiger partial charge in [0.05, 0.1) is 2.74 Å². The van der Waals surface area contributed by atoms with Gasteiger partial charge in [0.15, 0.2) is 0 Å². The van der Waals surface area contributed by atoms with Gasteiger partial charge in [0, 0.05) is 39.8 Å². The van der Waals surface area contributed by atoms with E-state index < -0.39 is 0 Å². The van der Waals surface area contributed by atoms with Crippen LogP contribution in [-0.2, 0) is 0 Å². The maximum absolute atomic E-state index is 8.23. The molecule has 0 fully saturated rings. The minimum Gasteiger partial charge on any atom is -0.135 e. The Morgan fingerprint density at radius 2 is 1.07 bits per heavy atom. The quantitative estimate of drug-likeness (QED) is 0.296. The topological polar surface area (TPSA) is 0 Å². The predicted octanol–water partition coefficient (Wildman–Crippen LogP) is 8.36. The molecule has 1 aromatic heterocycles. The lowest BCUT2D eigenvalue weighted by Crippen LogP contribution is -1.79. The molecule has 0 saturated carbocycles. The van der Waals surface area contributed by atoms with Crippen molar-refractivity contribution in [1.29, 1.82) is 0 Å². The van der Waals surface area contributed by atoms with E-state index in [1.54, 1.807) is 34.9 Å². The van der Waals surface area contributed by atoms with Crippen molar-refractivity contribution in [2.45, 2.75) is 19.6 Å². The Hall–Kier alpha value is -2.20. The Morgan fingerprint density at radius 1 is 0.556 bits per heavy atom. The van der Waals surface area contributed by atoms with E-state index in [9.17, 15) is 0 Å². The summed E-state index contributed by atoms with van der Waals surface area (Å²) in [5, 5.41) is 2.48. The Bertz CT molecular complexity index is 1240. The molecule has 5 aromatic rings. The fourth-order valence-electron chi connectivity index (χ4n) is 3.09. The highest BCUT2D eigenvalue weighted by Crippen LogP contribution is 2.46. The van der Waals surface area contributed by atoms with Crippen molar-refractivity contribution < 1.29 is 2.74 Å². The zero-order valence-electron chi connectivity index (χ0n) is 16.3. The van der Waals surface area contributed by atoms with E-state index in [4.69, 9.17) is 2.74 Å². The van der Waals surface area contributed by atoms with Crippen LogP contribution in [0.1, 0.15) is 2.74 Å². The smallest absolute Gasteiger partial charge is 0.0635 e. The van der Waals surface area contributed by atoms with Crippen molar-refractivity contribution in [1.82, 2.24) is 0 Å². The molecule has 0 amide bonds. The fraction of sp³-hybridized carbons (Fsp3) is 0. The average molecular weight is 403 g/mol. The van der Waals surface area contributed by atoms with Crippen LogP contribution < -0.4 is 0 Å². The second kappa shape index (κ2) is 7.43. The van der Waals surface area contributed by atoms with Gasteiger partial charge in [-0.05, 0) is 48.5 Å². The monoisotopic (exact) mass is 402 g/mol. The van der Waals surface area contributed by atoms with Crippen molar-refractivity contribution in [2.75, 3.05) is 0 Å². The molecule has 0 radical (unpaired) electrons. The second-order valence-corrected chi connectivity index (χ2v) is 9.27.